The van der Waals surface area contributed by atoms with Crippen LogP contribution in [0.4, 0.5) is 16.2 Å². The lowest BCUT2D eigenvalue weighted by atomic mass is 9.76. The summed E-state index contributed by atoms with van der Waals surface area (Å²) in [6.45, 7) is 4.09. The number of carbonyl (C=O) groups excluding carboxylic acids is 3. The van der Waals surface area contributed by atoms with Gasteiger partial charge in [-0.2, -0.15) is 0 Å². The second-order valence-electron chi connectivity index (χ2n) is 11.8. The molecule has 4 amide bonds. The Morgan fingerprint density at radius 1 is 0.826 bits per heavy atom. The van der Waals surface area contributed by atoms with Crippen molar-refractivity contribution in [3.05, 3.63) is 124 Å². The van der Waals surface area contributed by atoms with Crippen molar-refractivity contribution in [2.24, 2.45) is 0 Å². The molecule has 0 aromatic heterocycles. The summed E-state index contributed by atoms with van der Waals surface area (Å²) in [5, 5.41) is 2.41. The lowest BCUT2D eigenvalue weighted by Gasteiger charge is -2.44. The van der Waals surface area contributed by atoms with Crippen molar-refractivity contribution in [2.45, 2.75) is 31.6 Å². The molecule has 1 N–H and O–H groups in total. The minimum Gasteiger partial charge on any atom is -0.497 e. The Balaban J connectivity index is 1.37. The number of benzene rings is 4. The van der Waals surface area contributed by atoms with Crippen molar-refractivity contribution in [3.8, 4) is 11.5 Å². The fourth-order valence-corrected chi connectivity index (χ4v) is 7.06. The first-order valence-electron chi connectivity index (χ1n) is 15.7. The summed E-state index contributed by atoms with van der Waals surface area (Å²) in [4.78, 5) is 44.4. The molecular weight excluding hydrogens is 578 g/mol. The number of hydrogen-bond acceptors (Lipinski definition) is 6. The van der Waals surface area contributed by atoms with Crippen molar-refractivity contribution in [1.29, 1.82) is 0 Å². The number of imide groups is 2. The molecule has 0 saturated carbocycles. The summed E-state index contributed by atoms with van der Waals surface area (Å²) in [5.41, 5.74) is 6.55. The van der Waals surface area contributed by atoms with Crippen LogP contribution in [0.2, 0.25) is 0 Å². The third-order valence-electron chi connectivity index (χ3n) is 9.18. The van der Waals surface area contributed by atoms with Crippen LogP contribution in [0.15, 0.2) is 96.6 Å². The molecule has 46 heavy (non-hydrogen) atoms. The molecule has 0 aliphatic carbocycles. The Morgan fingerprint density at radius 2 is 1.43 bits per heavy atom. The summed E-state index contributed by atoms with van der Waals surface area (Å²) in [7, 11) is 1.56. The first-order chi connectivity index (χ1) is 22.5. The van der Waals surface area contributed by atoms with Crippen molar-refractivity contribution < 1.29 is 23.9 Å². The summed E-state index contributed by atoms with van der Waals surface area (Å²) in [5.74, 6) is -0.205. The van der Waals surface area contributed by atoms with Gasteiger partial charge in [-0.25, -0.2) is 9.69 Å². The molecular formula is C38H35N3O5. The second kappa shape index (κ2) is 12.2. The maximum Gasteiger partial charge on any atom is 0.335 e. The third kappa shape index (κ3) is 5.19. The van der Waals surface area contributed by atoms with Gasteiger partial charge in [0.15, 0.2) is 0 Å². The maximum atomic E-state index is 14.2. The topological polar surface area (TPSA) is 88.2 Å². The van der Waals surface area contributed by atoms with E-state index in [2.05, 4.69) is 34.5 Å². The molecule has 8 heteroatoms. The Hall–Kier alpha value is -5.37. The Labute approximate surface area is 268 Å². The van der Waals surface area contributed by atoms with Gasteiger partial charge in [-0.15, -0.1) is 0 Å². The highest BCUT2D eigenvalue weighted by Crippen LogP contribution is 2.50. The number of rotatable bonds is 7. The number of methoxy groups -OCH3 is 1. The molecule has 4 aromatic rings. The van der Waals surface area contributed by atoms with E-state index in [4.69, 9.17) is 9.47 Å². The molecule has 1 saturated heterocycles. The van der Waals surface area contributed by atoms with E-state index in [1.165, 1.54) is 22.9 Å². The van der Waals surface area contributed by atoms with E-state index in [1.54, 1.807) is 25.3 Å². The zero-order chi connectivity index (χ0) is 31.8. The van der Waals surface area contributed by atoms with E-state index in [0.717, 1.165) is 42.0 Å². The van der Waals surface area contributed by atoms with E-state index in [1.807, 2.05) is 55.5 Å². The van der Waals surface area contributed by atoms with Crippen LogP contribution in [0.1, 0.15) is 59.4 Å². The highest BCUT2D eigenvalue weighted by Gasteiger charge is 2.40. The summed E-state index contributed by atoms with van der Waals surface area (Å²) >= 11 is 0. The molecule has 3 aliphatic heterocycles. The molecule has 3 heterocycles. The quantitative estimate of drug-likeness (QED) is 0.186. The lowest BCUT2D eigenvalue weighted by Crippen LogP contribution is -2.54. The van der Waals surface area contributed by atoms with Gasteiger partial charge in [0.25, 0.3) is 11.8 Å². The SMILES string of the molecule is CCOc1cc(OC)ccc1/C=C1\C(=O)NC(=O)N(c2cc3c4c(c2)[C@H](c2ccccc2)CCN4CC[C@H]3c2ccccc2)C1=O. The van der Waals surface area contributed by atoms with Gasteiger partial charge in [-0.3, -0.25) is 14.9 Å². The van der Waals surface area contributed by atoms with Crippen molar-refractivity contribution in [3.63, 3.8) is 0 Å². The Morgan fingerprint density at radius 3 is 2.00 bits per heavy atom. The normalized spacial score (nSPS) is 20.0. The number of ether oxygens (including phenoxy) is 2. The number of amides is 4. The zero-order valence-corrected chi connectivity index (χ0v) is 25.9. The van der Waals surface area contributed by atoms with Gasteiger partial charge in [0.2, 0.25) is 0 Å². The van der Waals surface area contributed by atoms with Crippen LogP contribution < -0.4 is 24.6 Å². The predicted octanol–water partition coefficient (Wildman–Crippen LogP) is 6.64. The van der Waals surface area contributed by atoms with Crippen molar-refractivity contribution in [1.82, 2.24) is 5.32 Å². The second-order valence-corrected chi connectivity index (χ2v) is 11.8. The Kier molecular flexibility index (Phi) is 7.78. The lowest BCUT2D eigenvalue weighted by molar-refractivity contribution is -0.122. The van der Waals surface area contributed by atoms with Crippen LogP contribution in [-0.2, 0) is 9.59 Å². The fourth-order valence-electron chi connectivity index (χ4n) is 7.06. The van der Waals surface area contributed by atoms with Crippen LogP contribution in [-0.4, -0.2) is 44.7 Å². The third-order valence-corrected chi connectivity index (χ3v) is 9.18. The van der Waals surface area contributed by atoms with Gasteiger partial charge >= 0.3 is 6.03 Å². The molecule has 1 fully saturated rings. The number of hydrogen-bond donors (Lipinski definition) is 1. The summed E-state index contributed by atoms with van der Waals surface area (Å²) in [6.07, 6.45) is 3.31. The minimum atomic E-state index is -0.768. The van der Waals surface area contributed by atoms with Crippen LogP contribution in [0, 0.1) is 0 Å². The van der Waals surface area contributed by atoms with Gasteiger partial charge in [0.05, 0.1) is 19.4 Å². The molecule has 8 nitrogen and oxygen atoms in total. The van der Waals surface area contributed by atoms with E-state index in [9.17, 15) is 14.4 Å². The summed E-state index contributed by atoms with van der Waals surface area (Å²) < 4.78 is 11.1. The standard InChI is InChI=1S/C38H35N3O5/c1-3-46-34-23-28(45-2)15-14-26(34)20-33-36(42)39-38(44)41(37(33)43)27-21-31-29(24-10-6-4-7-11-24)16-18-40-19-17-30(32(22-27)35(31)40)25-12-8-5-9-13-25/h4-15,20-23,29-30H,3,16-19H2,1-2H3,(H,39,42,44)/b33-20+/t29-,30-/m0/s1. The maximum absolute atomic E-state index is 14.2. The first kappa shape index (κ1) is 29.3. The van der Waals surface area contributed by atoms with Crippen LogP contribution >= 0.6 is 0 Å². The number of carbonyl (C=O) groups is 3. The summed E-state index contributed by atoms with van der Waals surface area (Å²) in [6, 6.07) is 29.1. The van der Waals surface area contributed by atoms with Crippen LogP contribution in [0.3, 0.4) is 0 Å². The number of nitrogens with one attached hydrogen (secondary N) is 1. The molecule has 232 valence electrons. The smallest absolute Gasteiger partial charge is 0.335 e. The Bertz CT molecular complexity index is 1780. The molecule has 0 unspecified atom stereocenters. The van der Waals surface area contributed by atoms with Crippen molar-refractivity contribution >= 4 is 35.3 Å². The highest BCUT2D eigenvalue weighted by molar-refractivity contribution is 6.39. The minimum absolute atomic E-state index is 0.0910. The number of anilines is 2. The van der Waals surface area contributed by atoms with E-state index < -0.39 is 17.8 Å². The largest absolute Gasteiger partial charge is 0.497 e. The number of urea groups is 1. The van der Waals surface area contributed by atoms with Gasteiger partial charge in [0.1, 0.15) is 17.1 Å². The molecule has 0 spiro atoms. The molecule has 3 aliphatic rings. The van der Waals surface area contributed by atoms with Crippen molar-refractivity contribution in [2.75, 3.05) is 36.6 Å². The van der Waals surface area contributed by atoms with E-state index in [0.29, 0.717) is 29.4 Å². The predicted molar refractivity (Wildman–Crippen MR) is 178 cm³/mol. The van der Waals surface area contributed by atoms with Gasteiger partial charge in [-0.05, 0) is 72.4 Å². The number of nitrogens with zero attached hydrogens (tertiary/aromatic N) is 2. The molecule has 0 bridgehead atoms. The highest BCUT2D eigenvalue weighted by atomic mass is 16.5. The van der Waals surface area contributed by atoms with E-state index >= 15 is 0 Å². The zero-order valence-electron chi connectivity index (χ0n) is 25.9. The average molecular weight is 614 g/mol. The first-order valence-corrected chi connectivity index (χ1v) is 15.7. The van der Waals surface area contributed by atoms with E-state index in [-0.39, 0.29) is 17.4 Å². The monoisotopic (exact) mass is 613 g/mol. The molecule has 2 atom stereocenters. The number of barbiturate groups is 1. The fraction of sp³-hybridized carbons (Fsp3) is 0.237. The molecule has 4 aromatic carbocycles. The van der Waals surface area contributed by atoms with Crippen LogP contribution in [0.5, 0.6) is 11.5 Å². The molecule has 0 radical (unpaired) electrons. The average Bonchev–Trinajstić information content (AvgIpc) is 3.08. The van der Waals surface area contributed by atoms with Gasteiger partial charge in [-0.1, -0.05) is 60.7 Å². The van der Waals surface area contributed by atoms with Gasteiger partial charge < -0.3 is 14.4 Å². The van der Waals surface area contributed by atoms with Gasteiger partial charge in [0, 0.05) is 42.2 Å². The molecule has 7 rings (SSSR count). The van der Waals surface area contributed by atoms with Crippen LogP contribution in [0.25, 0.3) is 6.08 Å².